The maximum atomic E-state index is 12.1. The van der Waals surface area contributed by atoms with E-state index >= 15 is 0 Å². The van der Waals surface area contributed by atoms with Gasteiger partial charge in [-0.15, -0.1) is 24.8 Å². The van der Waals surface area contributed by atoms with Gasteiger partial charge < -0.3 is 15.5 Å². The fourth-order valence-corrected chi connectivity index (χ4v) is 2.42. The van der Waals surface area contributed by atoms with E-state index in [1.165, 1.54) is 11.1 Å². The predicted octanol–water partition coefficient (Wildman–Crippen LogP) is 2.59. The molecule has 22 heavy (non-hydrogen) atoms. The van der Waals surface area contributed by atoms with Crippen LogP contribution in [0.1, 0.15) is 41.8 Å². The van der Waals surface area contributed by atoms with Crippen LogP contribution in [0, 0.1) is 0 Å². The number of fused-ring (bicyclic) bond motifs is 1. The molecule has 1 heterocycles. The largest absolute Gasteiger partial charge is 0.351 e. The Kier molecular flexibility index (Phi) is 9.69. The van der Waals surface area contributed by atoms with Gasteiger partial charge in [-0.1, -0.05) is 13.0 Å². The normalized spacial score (nSPS) is 13.8. The number of carbonyl (C=O) groups is 1. The molecule has 2 N–H and O–H groups in total. The standard InChI is InChI=1S/C16H25N3O.2ClH/c1-4-12(2)19(3)8-7-18-16(20)13-5-6-14-10-17-11-15(14)9-13;;/h5-6,9,12,17H,4,7-8,10-11H2,1-3H3,(H,18,20);2*1H. The number of hydrogen-bond acceptors (Lipinski definition) is 3. The third kappa shape index (κ3) is 5.43. The maximum absolute atomic E-state index is 12.1. The average molecular weight is 348 g/mol. The van der Waals surface area contributed by atoms with Crippen molar-refractivity contribution in [2.75, 3.05) is 20.1 Å². The van der Waals surface area contributed by atoms with Crippen molar-refractivity contribution in [1.29, 1.82) is 0 Å². The molecule has 1 aliphatic heterocycles. The number of amides is 1. The van der Waals surface area contributed by atoms with Crippen molar-refractivity contribution in [2.45, 2.75) is 39.4 Å². The summed E-state index contributed by atoms with van der Waals surface area (Å²) in [5.74, 6) is 0.0252. The number of likely N-dealkylation sites (N-methyl/N-ethyl adjacent to an activating group) is 1. The number of rotatable bonds is 6. The second-order valence-electron chi connectivity index (χ2n) is 5.58. The lowest BCUT2D eigenvalue weighted by Gasteiger charge is -2.23. The van der Waals surface area contributed by atoms with E-state index in [0.717, 1.165) is 31.6 Å². The summed E-state index contributed by atoms with van der Waals surface area (Å²) in [6.45, 7) is 7.74. The Labute approximate surface area is 145 Å². The summed E-state index contributed by atoms with van der Waals surface area (Å²) >= 11 is 0. The number of hydrogen-bond donors (Lipinski definition) is 2. The molecule has 4 nitrogen and oxygen atoms in total. The molecular weight excluding hydrogens is 321 g/mol. The second-order valence-corrected chi connectivity index (χ2v) is 5.58. The molecule has 1 aromatic rings. The summed E-state index contributed by atoms with van der Waals surface area (Å²) in [5, 5.41) is 6.29. The minimum atomic E-state index is 0. The van der Waals surface area contributed by atoms with E-state index in [-0.39, 0.29) is 30.7 Å². The molecule has 1 atom stereocenters. The van der Waals surface area contributed by atoms with Crippen molar-refractivity contribution in [3.63, 3.8) is 0 Å². The zero-order valence-electron chi connectivity index (χ0n) is 13.5. The molecular formula is C16H27Cl2N3O. The Morgan fingerprint density at radius 2 is 2.00 bits per heavy atom. The molecule has 126 valence electrons. The van der Waals surface area contributed by atoms with Gasteiger partial charge in [0.2, 0.25) is 0 Å². The highest BCUT2D eigenvalue weighted by Gasteiger charge is 2.13. The topological polar surface area (TPSA) is 44.4 Å². The molecule has 1 amide bonds. The van der Waals surface area contributed by atoms with Crippen molar-refractivity contribution in [3.05, 3.63) is 34.9 Å². The van der Waals surface area contributed by atoms with Gasteiger partial charge in [-0.3, -0.25) is 4.79 Å². The first-order valence-corrected chi connectivity index (χ1v) is 7.42. The highest BCUT2D eigenvalue weighted by Crippen LogP contribution is 2.16. The van der Waals surface area contributed by atoms with Crippen LogP contribution in [-0.4, -0.2) is 37.0 Å². The predicted molar refractivity (Wildman–Crippen MR) is 96.2 cm³/mol. The lowest BCUT2D eigenvalue weighted by Crippen LogP contribution is -2.37. The molecule has 0 saturated heterocycles. The monoisotopic (exact) mass is 347 g/mol. The van der Waals surface area contributed by atoms with E-state index in [1.54, 1.807) is 0 Å². The number of carbonyl (C=O) groups excluding carboxylic acids is 1. The van der Waals surface area contributed by atoms with Gasteiger partial charge in [-0.25, -0.2) is 0 Å². The van der Waals surface area contributed by atoms with Crippen LogP contribution in [-0.2, 0) is 13.1 Å². The minimum Gasteiger partial charge on any atom is -0.351 e. The van der Waals surface area contributed by atoms with E-state index in [1.807, 2.05) is 12.1 Å². The van der Waals surface area contributed by atoms with E-state index < -0.39 is 0 Å². The van der Waals surface area contributed by atoms with Gasteiger partial charge in [0.25, 0.3) is 5.91 Å². The summed E-state index contributed by atoms with van der Waals surface area (Å²) < 4.78 is 0. The molecule has 0 fully saturated rings. The van der Waals surface area contributed by atoms with E-state index in [4.69, 9.17) is 0 Å². The third-order valence-electron chi connectivity index (χ3n) is 4.19. The molecule has 1 unspecified atom stereocenters. The van der Waals surface area contributed by atoms with Crippen LogP contribution in [0.25, 0.3) is 0 Å². The average Bonchev–Trinajstić information content (AvgIpc) is 2.93. The number of nitrogens with one attached hydrogen (secondary N) is 2. The summed E-state index contributed by atoms with van der Waals surface area (Å²) in [4.78, 5) is 14.4. The van der Waals surface area contributed by atoms with Gasteiger partial charge in [0.15, 0.2) is 0 Å². The highest BCUT2D eigenvalue weighted by molar-refractivity contribution is 5.94. The number of benzene rings is 1. The van der Waals surface area contributed by atoms with Crippen LogP contribution in [0.2, 0.25) is 0 Å². The molecule has 0 saturated carbocycles. The first-order valence-electron chi connectivity index (χ1n) is 7.42. The van der Waals surface area contributed by atoms with Crippen molar-refractivity contribution in [2.24, 2.45) is 0 Å². The first kappa shape index (κ1) is 21.2. The van der Waals surface area contributed by atoms with E-state index in [9.17, 15) is 4.79 Å². The minimum absolute atomic E-state index is 0. The Hall–Kier alpha value is -0.810. The molecule has 0 radical (unpaired) electrons. The Bertz CT molecular complexity index is 482. The van der Waals surface area contributed by atoms with Crippen LogP contribution in [0.5, 0.6) is 0 Å². The van der Waals surface area contributed by atoms with Gasteiger partial charge in [-0.05, 0) is 43.7 Å². The Morgan fingerprint density at radius 1 is 1.32 bits per heavy atom. The summed E-state index contributed by atoms with van der Waals surface area (Å²) in [5.41, 5.74) is 3.31. The third-order valence-corrected chi connectivity index (χ3v) is 4.19. The fraction of sp³-hybridized carbons (Fsp3) is 0.562. The van der Waals surface area contributed by atoms with Crippen molar-refractivity contribution in [3.8, 4) is 0 Å². The smallest absolute Gasteiger partial charge is 0.251 e. The quantitative estimate of drug-likeness (QED) is 0.831. The van der Waals surface area contributed by atoms with Crippen LogP contribution < -0.4 is 10.6 Å². The molecule has 1 aromatic carbocycles. The molecule has 2 rings (SSSR count). The maximum Gasteiger partial charge on any atom is 0.251 e. The first-order chi connectivity index (χ1) is 9.61. The SMILES string of the molecule is CCC(C)N(C)CCNC(=O)c1ccc2c(c1)CNC2.Cl.Cl. The van der Waals surface area contributed by atoms with Crippen LogP contribution in [0.4, 0.5) is 0 Å². The molecule has 1 aliphatic rings. The molecule has 0 aromatic heterocycles. The number of halogens is 2. The van der Waals surface area contributed by atoms with Gasteiger partial charge in [0.05, 0.1) is 0 Å². The van der Waals surface area contributed by atoms with Crippen molar-refractivity contribution >= 4 is 30.7 Å². The van der Waals surface area contributed by atoms with Crippen molar-refractivity contribution in [1.82, 2.24) is 15.5 Å². The summed E-state index contributed by atoms with van der Waals surface area (Å²) in [7, 11) is 2.10. The van der Waals surface area contributed by atoms with Gasteiger partial charge in [0, 0.05) is 37.8 Å². The number of nitrogens with zero attached hydrogens (tertiary/aromatic N) is 1. The summed E-state index contributed by atoms with van der Waals surface area (Å²) in [6, 6.07) is 6.52. The van der Waals surface area contributed by atoms with Crippen LogP contribution in [0.3, 0.4) is 0 Å². The second kappa shape index (κ2) is 10.1. The van der Waals surface area contributed by atoms with Gasteiger partial charge in [-0.2, -0.15) is 0 Å². The van der Waals surface area contributed by atoms with Crippen molar-refractivity contribution < 1.29 is 4.79 Å². The van der Waals surface area contributed by atoms with Crippen LogP contribution >= 0.6 is 24.8 Å². The summed E-state index contributed by atoms with van der Waals surface area (Å²) in [6.07, 6.45) is 1.13. The Balaban J connectivity index is 0.00000220. The van der Waals surface area contributed by atoms with Gasteiger partial charge >= 0.3 is 0 Å². The zero-order chi connectivity index (χ0) is 14.5. The molecule has 6 heteroatoms. The Morgan fingerprint density at radius 3 is 2.68 bits per heavy atom. The molecule has 0 spiro atoms. The van der Waals surface area contributed by atoms with Gasteiger partial charge in [0.1, 0.15) is 0 Å². The van der Waals surface area contributed by atoms with E-state index in [2.05, 4.69) is 42.5 Å². The van der Waals surface area contributed by atoms with Crippen LogP contribution in [0.15, 0.2) is 18.2 Å². The zero-order valence-corrected chi connectivity index (χ0v) is 15.1. The lowest BCUT2D eigenvalue weighted by molar-refractivity contribution is 0.0947. The highest BCUT2D eigenvalue weighted by atomic mass is 35.5. The molecule has 0 aliphatic carbocycles. The fourth-order valence-electron chi connectivity index (χ4n) is 2.42. The molecule has 0 bridgehead atoms. The van der Waals surface area contributed by atoms with E-state index in [0.29, 0.717) is 12.6 Å². The lowest BCUT2D eigenvalue weighted by atomic mass is 10.1.